The van der Waals surface area contributed by atoms with Crippen molar-refractivity contribution in [3.05, 3.63) is 35.9 Å². The maximum absolute atomic E-state index is 5.39. The quantitative estimate of drug-likeness (QED) is 0.857. The molecule has 1 aromatic rings. The second-order valence-corrected chi connectivity index (χ2v) is 4.52. The smallest absolute Gasteiger partial charge is 0.0659 e. The molecular formula is C14H22N2O. The van der Waals surface area contributed by atoms with Crippen molar-refractivity contribution in [2.75, 3.05) is 39.9 Å². The van der Waals surface area contributed by atoms with Crippen LogP contribution in [0.25, 0.3) is 0 Å². The van der Waals surface area contributed by atoms with E-state index in [0.29, 0.717) is 6.04 Å². The summed E-state index contributed by atoms with van der Waals surface area (Å²) in [5.41, 5.74) is 1.36. The molecule has 0 bridgehead atoms. The second kappa shape index (κ2) is 6.74. The van der Waals surface area contributed by atoms with E-state index in [2.05, 4.69) is 40.5 Å². The summed E-state index contributed by atoms with van der Waals surface area (Å²) in [6.07, 6.45) is 1.22. The molecule has 0 amide bonds. The number of methoxy groups -OCH3 is 1. The predicted molar refractivity (Wildman–Crippen MR) is 70.1 cm³/mol. The van der Waals surface area contributed by atoms with Gasteiger partial charge in [-0.15, -0.1) is 0 Å². The maximum Gasteiger partial charge on any atom is 0.0659 e. The van der Waals surface area contributed by atoms with Crippen molar-refractivity contribution in [1.82, 2.24) is 10.2 Å². The second-order valence-electron chi connectivity index (χ2n) is 4.52. The Labute approximate surface area is 104 Å². The Bertz CT molecular complexity index is 307. The van der Waals surface area contributed by atoms with E-state index in [0.717, 1.165) is 32.8 Å². The number of ether oxygens (including phenoxy) is 1. The number of hydrogen-bond donors (Lipinski definition) is 1. The van der Waals surface area contributed by atoms with Gasteiger partial charge in [0.2, 0.25) is 0 Å². The van der Waals surface area contributed by atoms with E-state index in [1.165, 1.54) is 12.0 Å². The molecule has 0 radical (unpaired) electrons. The van der Waals surface area contributed by atoms with Gasteiger partial charge in [0.15, 0.2) is 0 Å². The average molecular weight is 234 g/mol. The minimum atomic E-state index is 0.390. The summed E-state index contributed by atoms with van der Waals surface area (Å²) in [6.45, 7) is 5.22. The first-order chi connectivity index (χ1) is 8.42. The van der Waals surface area contributed by atoms with Crippen molar-refractivity contribution in [2.24, 2.45) is 0 Å². The van der Waals surface area contributed by atoms with Crippen LogP contribution in [0, 0.1) is 0 Å². The van der Waals surface area contributed by atoms with Crippen molar-refractivity contribution < 1.29 is 4.74 Å². The van der Waals surface area contributed by atoms with E-state index in [4.69, 9.17) is 4.74 Å². The lowest BCUT2D eigenvalue weighted by Crippen LogP contribution is -2.34. The molecule has 0 aliphatic carbocycles. The minimum Gasteiger partial charge on any atom is -0.383 e. The highest BCUT2D eigenvalue weighted by Gasteiger charge is 2.20. The van der Waals surface area contributed by atoms with Crippen LogP contribution in [0.5, 0.6) is 0 Å². The molecule has 0 saturated carbocycles. The zero-order chi connectivity index (χ0) is 11.9. The first-order valence-electron chi connectivity index (χ1n) is 6.40. The van der Waals surface area contributed by atoms with Crippen LogP contribution < -0.4 is 5.32 Å². The van der Waals surface area contributed by atoms with Crippen molar-refractivity contribution in [2.45, 2.75) is 12.5 Å². The van der Waals surface area contributed by atoms with Gasteiger partial charge in [-0.3, -0.25) is 4.90 Å². The molecule has 17 heavy (non-hydrogen) atoms. The SMILES string of the molecule is COCC(c1ccccc1)N1CCCNCC1. The van der Waals surface area contributed by atoms with Gasteiger partial charge in [-0.1, -0.05) is 30.3 Å². The van der Waals surface area contributed by atoms with Crippen LogP contribution in [0.3, 0.4) is 0 Å². The Morgan fingerprint density at radius 3 is 2.82 bits per heavy atom. The van der Waals surface area contributed by atoms with Crippen molar-refractivity contribution in [3.8, 4) is 0 Å². The number of hydrogen-bond acceptors (Lipinski definition) is 3. The van der Waals surface area contributed by atoms with Gasteiger partial charge in [-0.25, -0.2) is 0 Å². The molecule has 2 rings (SSSR count). The lowest BCUT2D eigenvalue weighted by molar-refractivity contribution is 0.0939. The Morgan fingerprint density at radius 1 is 1.24 bits per heavy atom. The van der Waals surface area contributed by atoms with Crippen molar-refractivity contribution >= 4 is 0 Å². The monoisotopic (exact) mass is 234 g/mol. The Balaban J connectivity index is 2.10. The highest BCUT2D eigenvalue weighted by atomic mass is 16.5. The zero-order valence-electron chi connectivity index (χ0n) is 10.6. The molecule has 94 valence electrons. The molecule has 1 aromatic carbocycles. The highest BCUT2D eigenvalue weighted by molar-refractivity contribution is 5.19. The van der Waals surface area contributed by atoms with Crippen LogP contribution in [0.15, 0.2) is 30.3 Å². The molecule has 1 aliphatic heterocycles. The fraction of sp³-hybridized carbons (Fsp3) is 0.571. The van der Waals surface area contributed by atoms with Crippen molar-refractivity contribution in [3.63, 3.8) is 0 Å². The summed E-state index contributed by atoms with van der Waals surface area (Å²) >= 11 is 0. The number of nitrogens with one attached hydrogen (secondary N) is 1. The highest BCUT2D eigenvalue weighted by Crippen LogP contribution is 2.21. The van der Waals surface area contributed by atoms with E-state index >= 15 is 0 Å². The van der Waals surface area contributed by atoms with Crippen LogP contribution in [0.2, 0.25) is 0 Å². The number of nitrogens with zero attached hydrogens (tertiary/aromatic N) is 1. The summed E-state index contributed by atoms with van der Waals surface area (Å²) in [6, 6.07) is 11.1. The van der Waals surface area contributed by atoms with Crippen LogP contribution in [-0.4, -0.2) is 44.8 Å². The molecule has 1 aliphatic rings. The van der Waals surface area contributed by atoms with Crippen molar-refractivity contribution in [1.29, 1.82) is 0 Å². The first kappa shape index (κ1) is 12.6. The van der Waals surface area contributed by atoms with Gasteiger partial charge < -0.3 is 10.1 Å². The Hall–Kier alpha value is -0.900. The van der Waals surface area contributed by atoms with Crippen LogP contribution in [0.1, 0.15) is 18.0 Å². The molecule has 1 N–H and O–H groups in total. The van der Waals surface area contributed by atoms with Gasteiger partial charge in [0.05, 0.1) is 12.6 Å². The van der Waals surface area contributed by atoms with Crippen LogP contribution in [-0.2, 0) is 4.74 Å². The van der Waals surface area contributed by atoms with Gasteiger partial charge in [-0.05, 0) is 18.5 Å². The minimum absolute atomic E-state index is 0.390. The third-order valence-corrected chi connectivity index (χ3v) is 3.32. The van der Waals surface area contributed by atoms with E-state index in [9.17, 15) is 0 Å². The summed E-state index contributed by atoms with van der Waals surface area (Å²) in [5, 5.41) is 3.44. The summed E-state index contributed by atoms with van der Waals surface area (Å²) in [5.74, 6) is 0. The van der Waals surface area contributed by atoms with Gasteiger partial charge in [0.1, 0.15) is 0 Å². The number of benzene rings is 1. The van der Waals surface area contributed by atoms with E-state index < -0.39 is 0 Å². The fourth-order valence-electron chi connectivity index (χ4n) is 2.42. The Kier molecular flexibility index (Phi) is 4.98. The molecule has 1 unspecified atom stereocenters. The molecular weight excluding hydrogens is 212 g/mol. The van der Waals surface area contributed by atoms with Crippen LogP contribution >= 0.6 is 0 Å². The largest absolute Gasteiger partial charge is 0.383 e. The van der Waals surface area contributed by atoms with Gasteiger partial charge in [-0.2, -0.15) is 0 Å². The first-order valence-corrected chi connectivity index (χ1v) is 6.40. The normalized spacial score (nSPS) is 19.8. The summed E-state index contributed by atoms with van der Waals surface area (Å²) < 4.78 is 5.39. The molecule has 1 saturated heterocycles. The molecule has 1 heterocycles. The predicted octanol–water partition coefficient (Wildman–Crippen LogP) is 1.67. The zero-order valence-corrected chi connectivity index (χ0v) is 10.6. The summed E-state index contributed by atoms with van der Waals surface area (Å²) in [4.78, 5) is 2.53. The third-order valence-electron chi connectivity index (χ3n) is 3.32. The maximum atomic E-state index is 5.39. The molecule has 1 fully saturated rings. The number of rotatable bonds is 4. The summed E-state index contributed by atoms with van der Waals surface area (Å²) in [7, 11) is 1.78. The topological polar surface area (TPSA) is 24.5 Å². The van der Waals surface area contributed by atoms with Gasteiger partial charge in [0, 0.05) is 26.7 Å². The van der Waals surface area contributed by atoms with Gasteiger partial charge >= 0.3 is 0 Å². The lowest BCUT2D eigenvalue weighted by atomic mass is 10.1. The van der Waals surface area contributed by atoms with E-state index in [1.807, 2.05) is 0 Å². The molecule has 0 aromatic heterocycles. The lowest BCUT2D eigenvalue weighted by Gasteiger charge is -2.30. The van der Waals surface area contributed by atoms with E-state index in [1.54, 1.807) is 7.11 Å². The molecule has 3 nitrogen and oxygen atoms in total. The molecule has 3 heteroatoms. The Morgan fingerprint density at radius 2 is 2.06 bits per heavy atom. The third kappa shape index (κ3) is 3.53. The average Bonchev–Trinajstić information content (AvgIpc) is 2.66. The van der Waals surface area contributed by atoms with Crippen LogP contribution in [0.4, 0.5) is 0 Å². The fourth-order valence-corrected chi connectivity index (χ4v) is 2.42. The van der Waals surface area contributed by atoms with E-state index in [-0.39, 0.29) is 0 Å². The molecule has 0 spiro atoms. The standard InChI is InChI=1S/C14H22N2O/c1-17-12-14(13-6-3-2-4-7-13)16-10-5-8-15-9-11-16/h2-4,6-7,14-15H,5,8-12H2,1H3. The molecule has 1 atom stereocenters. The van der Waals surface area contributed by atoms with Gasteiger partial charge in [0.25, 0.3) is 0 Å².